The summed E-state index contributed by atoms with van der Waals surface area (Å²) in [6.07, 6.45) is 3.36. The second-order valence-electron chi connectivity index (χ2n) is 5.43. The summed E-state index contributed by atoms with van der Waals surface area (Å²) in [6, 6.07) is 0.562. The number of carbonyl (C=O) groups excluding carboxylic acids is 1. The van der Waals surface area contributed by atoms with Crippen molar-refractivity contribution in [1.29, 1.82) is 0 Å². The van der Waals surface area contributed by atoms with Crippen LogP contribution in [-0.2, 0) is 4.79 Å². The first kappa shape index (κ1) is 14.5. The Labute approximate surface area is 105 Å². The molecule has 1 fully saturated rings. The van der Waals surface area contributed by atoms with Gasteiger partial charge in [0.25, 0.3) is 0 Å². The van der Waals surface area contributed by atoms with E-state index >= 15 is 0 Å². The highest BCUT2D eigenvalue weighted by Crippen LogP contribution is 2.09. The zero-order chi connectivity index (χ0) is 12.7. The zero-order valence-electron chi connectivity index (χ0n) is 11.5. The van der Waals surface area contributed by atoms with Crippen molar-refractivity contribution in [3.8, 4) is 0 Å². The molecule has 100 valence electrons. The minimum Gasteiger partial charge on any atom is -0.355 e. The van der Waals surface area contributed by atoms with Crippen molar-refractivity contribution in [2.45, 2.75) is 39.2 Å². The molecule has 2 N–H and O–H groups in total. The SMILES string of the molecule is CC(C)CCNC(=O)CN(C)C1CCNCC1. The Morgan fingerprint density at radius 2 is 2.06 bits per heavy atom. The van der Waals surface area contributed by atoms with Crippen LogP contribution in [0.4, 0.5) is 0 Å². The number of hydrogen-bond acceptors (Lipinski definition) is 3. The van der Waals surface area contributed by atoms with Gasteiger partial charge in [-0.05, 0) is 45.3 Å². The van der Waals surface area contributed by atoms with Crippen LogP contribution in [0.2, 0.25) is 0 Å². The molecule has 4 heteroatoms. The number of piperidine rings is 1. The van der Waals surface area contributed by atoms with Gasteiger partial charge >= 0.3 is 0 Å². The van der Waals surface area contributed by atoms with Crippen LogP contribution < -0.4 is 10.6 Å². The summed E-state index contributed by atoms with van der Waals surface area (Å²) in [5.74, 6) is 0.809. The molecule has 0 aromatic heterocycles. The van der Waals surface area contributed by atoms with E-state index in [0.29, 0.717) is 18.5 Å². The van der Waals surface area contributed by atoms with Crippen LogP contribution in [0.15, 0.2) is 0 Å². The zero-order valence-corrected chi connectivity index (χ0v) is 11.5. The van der Waals surface area contributed by atoms with E-state index in [1.165, 1.54) is 0 Å². The Morgan fingerprint density at radius 1 is 1.41 bits per heavy atom. The summed E-state index contributed by atoms with van der Waals surface area (Å²) in [5, 5.41) is 6.33. The van der Waals surface area contributed by atoms with Crippen LogP contribution in [0.25, 0.3) is 0 Å². The third-order valence-corrected chi connectivity index (χ3v) is 3.37. The minimum atomic E-state index is 0.159. The molecule has 0 spiro atoms. The molecule has 0 aromatic rings. The van der Waals surface area contributed by atoms with Crippen molar-refractivity contribution < 1.29 is 4.79 Å². The molecule has 1 rings (SSSR count). The summed E-state index contributed by atoms with van der Waals surface area (Å²) in [7, 11) is 2.05. The number of rotatable bonds is 6. The van der Waals surface area contributed by atoms with Gasteiger partial charge in [-0.1, -0.05) is 13.8 Å². The van der Waals surface area contributed by atoms with E-state index in [1.54, 1.807) is 0 Å². The van der Waals surface area contributed by atoms with Crippen LogP contribution in [-0.4, -0.2) is 50.1 Å². The Hall–Kier alpha value is -0.610. The summed E-state index contributed by atoms with van der Waals surface area (Å²) in [6.45, 7) is 7.83. The summed E-state index contributed by atoms with van der Waals surface area (Å²) < 4.78 is 0. The minimum absolute atomic E-state index is 0.159. The highest BCUT2D eigenvalue weighted by atomic mass is 16.2. The van der Waals surface area contributed by atoms with Gasteiger partial charge in [-0.15, -0.1) is 0 Å². The molecule has 4 nitrogen and oxygen atoms in total. The largest absolute Gasteiger partial charge is 0.355 e. The first-order valence-electron chi connectivity index (χ1n) is 6.77. The number of nitrogens with zero attached hydrogens (tertiary/aromatic N) is 1. The van der Waals surface area contributed by atoms with E-state index in [0.717, 1.165) is 38.9 Å². The predicted molar refractivity (Wildman–Crippen MR) is 71.0 cm³/mol. The molecule has 1 heterocycles. The fourth-order valence-corrected chi connectivity index (χ4v) is 2.16. The van der Waals surface area contributed by atoms with Crippen molar-refractivity contribution in [2.24, 2.45) is 5.92 Å². The van der Waals surface area contributed by atoms with Gasteiger partial charge in [0.15, 0.2) is 0 Å². The molecule has 1 aliphatic rings. The highest BCUT2D eigenvalue weighted by molar-refractivity contribution is 5.77. The molecule has 0 saturated carbocycles. The van der Waals surface area contributed by atoms with Gasteiger partial charge in [0, 0.05) is 12.6 Å². The summed E-state index contributed by atoms with van der Waals surface area (Å²) in [5.41, 5.74) is 0. The smallest absolute Gasteiger partial charge is 0.234 e. The monoisotopic (exact) mass is 241 g/mol. The Morgan fingerprint density at radius 3 is 2.65 bits per heavy atom. The molecule has 1 amide bonds. The van der Waals surface area contributed by atoms with Gasteiger partial charge in [-0.2, -0.15) is 0 Å². The maximum absolute atomic E-state index is 11.7. The topological polar surface area (TPSA) is 44.4 Å². The van der Waals surface area contributed by atoms with Crippen LogP contribution in [0.1, 0.15) is 33.1 Å². The molecule has 0 aromatic carbocycles. The average molecular weight is 241 g/mol. The lowest BCUT2D eigenvalue weighted by molar-refractivity contribution is -0.122. The van der Waals surface area contributed by atoms with Crippen LogP contribution in [0.3, 0.4) is 0 Å². The second-order valence-corrected chi connectivity index (χ2v) is 5.43. The quantitative estimate of drug-likeness (QED) is 0.724. The predicted octanol–water partition coefficient (Wildman–Crippen LogP) is 0.833. The van der Waals surface area contributed by atoms with Crippen molar-refractivity contribution >= 4 is 5.91 Å². The molecule has 17 heavy (non-hydrogen) atoms. The van der Waals surface area contributed by atoms with Crippen molar-refractivity contribution in [2.75, 3.05) is 33.2 Å². The standard InChI is InChI=1S/C13H27N3O/c1-11(2)4-9-15-13(17)10-16(3)12-5-7-14-8-6-12/h11-12,14H,4-10H2,1-3H3,(H,15,17). The van der Waals surface area contributed by atoms with Crippen molar-refractivity contribution in [1.82, 2.24) is 15.5 Å². The van der Waals surface area contributed by atoms with Crippen molar-refractivity contribution in [3.05, 3.63) is 0 Å². The van der Waals surface area contributed by atoms with Gasteiger partial charge in [0.05, 0.1) is 6.54 Å². The van der Waals surface area contributed by atoms with Gasteiger partial charge in [-0.25, -0.2) is 0 Å². The van der Waals surface area contributed by atoms with Gasteiger partial charge in [0.1, 0.15) is 0 Å². The average Bonchev–Trinajstić information content (AvgIpc) is 2.29. The van der Waals surface area contributed by atoms with Gasteiger partial charge < -0.3 is 10.6 Å². The lowest BCUT2D eigenvalue weighted by atomic mass is 10.1. The molecule has 0 atom stereocenters. The normalized spacial score (nSPS) is 17.7. The molecular weight excluding hydrogens is 214 g/mol. The maximum Gasteiger partial charge on any atom is 0.234 e. The van der Waals surface area contributed by atoms with Crippen LogP contribution in [0, 0.1) is 5.92 Å². The number of carbonyl (C=O) groups is 1. The number of likely N-dealkylation sites (N-methyl/N-ethyl adjacent to an activating group) is 1. The number of amides is 1. The fourth-order valence-electron chi connectivity index (χ4n) is 2.16. The lowest BCUT2D eigenvalue weighted by Crippen LogP contribution is -2.45. The number of nitrogens with one attached hydrogen (secondary N) is 2. The van der Waals surface area contributed by atoms with Gasteiger partial charge in [0.2, 0.25) is 5.91 Å². The van der Waals surface area contributed by atoms with Crippen LogP contribution >= 0.6 is 0 Å². The van der Waals surface area contributed by atoms with Gasteiger partial charge in [-0.3, -0.25) is 9.69 Å². The molecule has 0 unspecified atom stereocenters. The van der Waals surface area contributed by atoms with E-state index in [2.05, 4.69) is 36.4 Å². The number of hydrogen-bond donors (Lipinski definition) is 2. The van der Waals surface area contributed by atoms with E-state index in [9.17, 15) is 4.79 Å². The summed E-state index contributed by atoms with van der Waals surface area (Å²) >= 11 is 0. The highest BCUT2D eigenvalue weighted by Gasteiger charge is 2.19. The fraction of sp³-hybridized carbons (Fsp3) is 0.923. The molecule has 0 bridgehead atoms. The van der Waals surface area contributed by atoms with Crippen LogP contribution in [0.5, 0.6) is 0 Å². The Bertz CT molecular complexity index is 225. The molecular formula is C13H27N3O. The lowest BCUT2D eigenvalue weighted by Gasteiger charge is -2.31. The Balaban J connectivity index is 2.15. The molecule has 1 saturated heterocycles. The van der Waals surface area contributed by atoms with E-state index in [4.69, 9.17) is 0 Å². The van der Waals surface area contributed by atoms with Crippen molar-refractivity contribution in [3.63, 3.8) is 0 Å². The Kier molecular flexibility index (Phi) is 6.52. The first-order valence-corrected chi connectivity index (χ1v) is 6.77. The first-order chi connectivity index (χ1) is 8.09. The summed E-state index contributed by atoms with van der Waals surface area (Å²) in [4.78, 5) is 13.9. The third-order valence-electron chi connectivity index (χ3n) is 3.37. The third kappa shape index (κ3) is 6.03. The maximum atomic E-state index is 11.7. The van der Waals surface area contributed by atoms with E-state index in [1.807, 2.05) is 0 Å². The molecule has 0 aliphatic carbocycles. The van der Waals surface area contributed by atoms with E-state index < -0.39 is 0 Å². The molecule has 0 radical (unpaired) electrons. The molecule has 1 aliphatic heterocycles. The second kappa shape index (κ2) is 7.67. The van der Waals surface area contributed by atoms with E-state index in [-0.39, 0.29) is 5.91 Å².